The van der Waals surface area contributed by atoms with Gasteiger partial charge in [0, 0.05) is 0 Å². The summed E-state index contributed by atoms with van der Waals surface area (Å²) in [4.78, 5) is 0. The van der Waals surface area contributed by atoms with Gasteiger partial charge in [0.2, 0.25) is 0 Å². The van der Waals surface area contributed by atoms with Gasteiger partial charge in [0.15, 0.2) is 0 Å². The lowest BCUT2D eigenvalue weighted by Gasteiger charge is -2.31. The van der Waals surface area contributed by atoms with Gasteiger partial charge in [-0.2, -0.15) is 86.4 Å². The Bertz CT molecular complexity index is 1030. The fraction of sp³-hybridized carbons (Fsp3) is 1.00. The van der Waals surface area contributed by atoms with Gasteiger partial charge < -0.3 is 0 Å². The Kier molecular flexibility index (Phi) is 10.4. The summed E-state index contributed by atoms with van der Waals surface area (Å²) in [6.07, 6.45) is 0. The van der Waals surface area contributed by atoms with Crippen LogP contribution in [0.15, 0.2) is 0 Å². The van der Waals surface area contributed by atoms with E-state index in [0.717, 1.165) is 0 Å². The zero-order valence-corrected chi connectivity index (χ0v) is 19.7. The Balaban J connectivity index is 6.74. The number of rotatable bonds is 12. The average Bonchev–Trinajstić information content (AvgIpc) is 2.63. The van der Waals surface area contributed by atoms with Crippen molar-refractivity contribution in [3.63, 3.8) is 0 Å². The molecule has 0 aliphatic carbocycles. The number of hydrogen-bond donors (Lipinski definition) is 0. The zero-order valence-electron chi connectivity index (χ0n) is 16.4. The van der Waals surface area contributed by atoms with Crippen LogP contribution in [0.25, 0.3) is 0 Å². The van der Waals surface area contributed by atoms with Crippen LogP contribution in [0.4, 0.5) is 52.7 Å². The Labute approximate surface area is 197 Å². The van der Waals surface area contributed by atoms with Crippen molar-refractivity contribution in [1.29, 1.82) is 0 Å². The molecule has 0 amide bonds. The smallest absolute Gasteiger partial charge is 0.262 e. The highest BCUT2D eigenvalue weighted by atomic mass is 32.2. The highest BCUT2D eigenvalue weighted by molar-refractivity contribution is 7.88. The van der Waals surface area contributed by atoms with Crippen LogP contribution in [0, 0.1) is 5.41 Å². The van der Waals surface area contributed by atoms with Gasteiger partial charge in [0.1, 0.15) is 0 Å². The largest absolute Gasteiger partial charge is 0.523 e. The molecule has 0 bridgehead atoms. The van der Waals surface area contributed by atoms with Crippen molar-refractivity contribution in [2.24, 2.45) is 5.41 Å². The monoisotopic (exact) mass is 664 g/mol. The van der Waals surface area contributed by atoms with Gasteiger partial charge in [-0.25, -0.2) is 0 Å². The minimum Gasteiger partial charge on any atom is -0.262 e. The standard InChI is InChI=1S/C9H8F12O12S4/c10-6(11,12)34(22,23)30-1-5(2-31-35(24,25)7(13,14)15,3-32-36(26,27)8(16,17)18)4-33-37(28,29)9(19,20)21/h1-4H2. The quantitative estimate of drug-likeness (QED) is 0.167. The van der Waals surface area contributed by atoms with Crippen LogP contribution < -0.4 is 0 Å². The van der Waals surface area contributed by atoms with Crippen LogP contribution in [-0.2, 0) is 57.2 Å². The maximum absolute atomic E-state index is 12.5. The zero-order chi connectivity index (χ0) is 30.2. The second kappa shape index (κ2) is 10.8. The number of halogens is 12. The lowest BCUT2D eigenvalue weighted by atomic mass is 9.93. The first-order valence-electron chi connectivity index (χ1n) is 7.65. The molecule has 0 spiro atoms. The summed E-state index contributed by atoms with van der Waals surface area (Å²) in [5, 5.41) is 0. The van der Waals surface area contributed by atoms with Crippen molar-refractivity contribution in [3.8, 4) is 0 Å². The van der Waals surface area contributed by atoms with Crippen molar-refractivity contribution < 1.29 is 103 Å². The molecule has 37 heavy (non-hydrogen) atoms. The van der Waals surface area contributed by atoms with E-state index >= 15 is 0 Å². The Morgan fingerprint density at radius 2 is 0.486 bits per heavy atom. The molecule has 0 radical (unpaired) electrons. The van der Waals surface area contributed by atoms with Crippen LogP contribution in [0.1, 0.15) is 0 Å². The minimum absolute atomic E-state index is 2.72. The van der Waals surface area contributed by atoms with Gasteiger partial charge in [-0.3, -0.25) is 16.7 Å². The molecule has 28 heteroatoms. The van der Waals surface area contributed by atoms with Gasteiger partial charge in [-0.15, -0.1) is 0 Å². The Morgan fingerprint density at radius 1 is 0.351 bits per heavy atom. The van der Waals surface area contributed by atoms with Crippen molar-refractivity contribution in [3.05, 3.63) is 0 Å². The van der Waals surface area contributed by atoms with Gasteiger partial charge in [-0.05, 0) is 0 Å². The summed E-state index contributed by atoms with van der Waals surface area (Å²) >= 11 is 0. The van der Waals surface area contributed by atoms with Crippen molar-refractivity contribution in [2.45, 2.75) is 22.0 Å². The van der Waals surface area contributed by atoms with Gasteiger partial charge >= 0.3 is 62.5 Å². The maximum Gasteiger partial charge on any atom is 0.523 e. The van der Waals surface area contributed by atoms with E-state index in [9.17, 15) is 86.4 Å². The molecule has 0 aromatic rings. The summed E-state index contributed by atoms with van der Waals surface area (Å²) in [5.41, 5.74) is -29.8. The molecule has 224 valence electrons. The SMILES string of the molecule is O=S(=O)(OCC(COS(=O)(=O)C(F)(F)F)(COS(=O)(=O)C(F)(F)F)COS(=O)(=O)C(F)(F)F)C(F)(F)F. The summed E-state index contributed by atoms with van der Waals surface area (Å²) < 4.78 is 250. The normalized spacial score (nSPS) is 15.7. The predicted octanol–water partition coefficient (Wildman–Crippen LogP) is 1.44. The first-order chi connectivity index (χ1) is 15.8. The number of hydrogen-bond acceptors (Lipinski definition) is 12. The molecule has 0 fully saturated rings. The van der Waals surface area contributed by atoms with Crippen LogP contribution in [0.5, 0.6) is 0 Å². The molecule has 0 aliphatic heterocycles. The third-order valence-corrected chi connectivity index (χ3v) is 7.20. The van der Waals surface area contributed by atoms with Gasteiger partial charge in [-0.1, -0.05) is 0 Å². The molecule has 0 unspecified atom stereocenters. The summed E-state index contributed by atoms with van der Waals surface area (Å²) in [6.45, 7) is -10.9. The fourth-order valence-corrected chi connectivity index (χ4v) is 3.48. The summed E-state index contributed by atoms with van der Waals surface area (Å²) in [7, 11) is -27.8. The van der Waals surface area contributed by atoms with Gasteiger partial charge in [0.25, 0.3) is 0 Å². The number of alkyl halides is 12. The minimum atomic E-state index is -6.96. The van der Waals surface area contributed by atoms with E-state index in [1.54, 1.807) is 0 Å². The van der Waals surface area contributed by atoms with E-state index < -0.39 is 94.3 Å². The van der Waals surface area contributed by atoms with E-state index in [0.29, 0.717) is 0 Å². The molecular formula is C9H8F12O12S4. The van der Waals surface area contributed by atoms with Crippen LogP contribution in [0.2, 0.25) is 0 Å². The van der Waals surface area contributed by atoms with Crippen LogP contribution in [0.3, 0.4) is 0 Å². The summed E-state index contributed by atoms with van der Waals surface area (Å²) in [5.74, 6) is 0. The topological polar surface area (TPSA) is 173 Å². The second-order valence-corrected chi connectivity index (χ2v) is 12.6. The molecule has 12 nitrogen and oxygen atoms in total. The molecule has 0 aromatic heterocycles. The second-order valence-electron chi connectivity index (χ2n) is 6.15. The predicted molar refractivity (Wildman–Crippen MR) is 86.1 cm³/mol. The average molecular weight is 664 g/mol. The lowest BCUT2D eigenvalue weighted by molar-refractivity contribution is -0.0785. The van der Waals surface area contributed by atoms with E-state index in [2.05, 4.69) is 16.7 Å². The lowest BCUT2D eigenvalue weighted by Crippen LogP contribution is -2.47. The molecular weight excluding hydrogens is 656 g/mol. The van der Waals surface area contributed by atoms with Crippen LogP contribution in [-0.4, -0.2) is 82.1 Å². The van der Waals surface area contributed by atoms with Crippen molar-refractivity contribution in [2.75, 3.05) is 26.4 Å². The highest BCUT2D eigenvalue weighted by Gasteiger charge is 2.55. The molecule has 0 aromatic carbocycles. The molecule has 0 aliphatic rings. The Hall–Kier alpha value is -1.20. The molecule has 0 N–H and O–H groups in total. The molecule has 0 saturated carbocycles. The van der Waals surface area contributed by atoms with E-state index in [1.165, 1.54) is 0 Å². The molecule has 0 atom stereocenters. The molecule has 0 saturated heterocycles. The van der Waals surface area contributed by atoms with Gasteiger partial charge in [0.05, 0.1) is 31.8 Å². The highest BCUT2D eigenvalue weighted by Crippen LogP contribution is 2.34. The van der Waals surface area contributed by atoms with E-state index in [1.807, 2.05) is 0 Å². The van der Waals surface area contributed by atoms with E-state index in [-0.39, 0.29) is 0 Å². The van der Waals surface area contributed by atoms with E-state index in [4.69, 9.17) is 0 Å². The maximum atomic E-state index is 12.5. The summed E-state index contributed by atoms with van der Waals surface area (Å²) in [6, 6.07) is 0. The van der Waals surface area contributed by atoms with Crippen molar-refractivity contribution in [1.82, 2.24) is 0 Å². The molecule has 0 rings (SSSR count). The first kappa shape index (κ1) is 35.8. The molecule has 0 heterocycles. The first-order valence-corrected chi connectivity index (χ1v) is 13.3. The van der Waals surface area contributed by atoms with Crippen LogP contribution >= 0.6 is 0 Å². The fourth-order valence-electron chi connectivity index (χ4n) is 1.33. The Morgan fingerprint density at radius 3 is 0.595 bits per heavy atom. The third-order valence-electron chi connectivity index (χ3n) is 3.21. The third kappa shape index (κ3) is 9.49. The van der Waals surface area contributed by atoms with Crippen molar-refractivity contribution >= 4 is 40.5 Å².